The van der Waals surface area contributed by atoms with Crippen molar-refractivity contribution in [1.29, 1.82) is 0 Å². The van der Waals surface area contributed by atoms with E-state index in [0.29, 0.717) is 18.5 Å². The fourth-order valence-electron chi connectivity index (χ4n) is 4.06. The van der Waals surface area contributed by atoms with Gasteiger partial charge in [0.15, 0.2) is 5.69 Å². The number of para-hydroxylation sites is 1. The van der Waals surface area contributed by atoms with Crippen LogP contribution in [-0.4, -0.2) is 38.7 Å². The zero-order chi connectivity index (χ0) is 26.1. The van der Waals surface area contributed by atoms with Gasteiger partial charge in [-0.15, -0.1) is 0 Å². The number of nitrogens with one attached hydrogen (secondary N) is 2. The first-order valence-electron chi connectivity index (χ1n) is 11.4. The average Bonchev–Trinajstić information content (AvgIpc) is 3.28. The van der Waals surface area contributed by atoms with Crippen LogP contribution in [0.15, 0.2) is 66.9 Å². The number of nitrogens with two attached hydrogens (primary N) is 1. The monoisotopic (exact) mass is 522 g/mol. The number of hydrogen-bond acceptors (Lipinski definition) is 5. The first-order chi connectivity index (χ1) is 17.8. The zero-order valence-corrected chi connectivity index (χ0v) is 20.0. The van der Waals surface area contributed by atoms with Gasteiger partial charge in [0.1, 0.15) is 23.1 Å². The zero-order valence-electron chi connectivity index (χ0n) is 19.3. The summed E-state index contributed by atoms with van der Waals surface area (Å²) in [5.74, 6) is -2.52. The first kappa shape index (κ1) is 24.5. The van der Waals surface area contributed by atoms with Crippen molar-refractivity contribution >= 4 is 29.2 Å². The number of aromatic nitrogens is 3. The van der Waals surface area contributed by atoms with Crippen LogP contribution in [0.1, 0.15) is 33.7 Å². The molecule has 5 rings (SSSR count). The van der Waals surface area contributed by atoms with E-state index >= 15 is 0 Å². The summed E-state index contributed by atoms with van der Waals surface area (Å²) < 4.78 is 30.3. The lowest BCUT2D eigenvalue weighted by Gasteiger charge is -2.32. The minimum Gasteiger partial charge on any atom is -0.348 e. The van der Waals surface area contributed by atoms with E-state index in [4.69, 9.17) is 17.3 Å². The van der Waals surface area contributed by atoms with E-state index in [1.807, 2.05) is 6.07 Å². The largest absolute Gasteiger partial charge is 0.348 e. The summed E-state index contributed by atoms with van der Waals surface area (Å²) in [7, 11) is 0. The molecule has 11 heteroatoms. The van der Waals surface area contributed by atoms with Crippen molar-refractivity contribution in [3.63, 3.8) is 0 Å². The maximum atomic E-state index is 14.6. The van der Waals surface area contributed by atoms with Crippen LogP contribution >= 0.6 is 11.6 Å². The quantitative estimate of drug-likeness (QED) is 0.348. The Hall–Kier alpha value is -4.15. The predicted octanol–water partition coefficient (Wildman–Crippen LogP) is 4.34. The summed E-state index contributed by atoms with van der Waals surface area (Å²) in [6.07, 6.45) is 2.67. The normalized spacial score (nSPS) is 16.6. The van der Waals surface area contributed by atoms with E-state index in [1.165, 1.54) is 23.0 Å². The number of amides is 2. The third-order valence-electron chi connectivity index (χ3n) is 6.01. The summed E-state index contributed by atoms with van der Waals surface area (Å²) in [5, 5.41) is 9.75. The van der Waals surface area contributed by atoms with E-state index in [2.05, 4.69) is 20.7 Å². The van der Waals surface area contributed by atoms with Gasteiger partial charge in [-0.2, -0.15) is 5.10 Å². The summed E-state index contributed by atoms with van der Waals surface area (Å²) in [4.78, 5) is 29.9. The van der Waals surface area contributed by atoms with Crippen LogP contribution in [0.3, 0.4) is 0 Å². The number of benzene rings is 2. The van der Waals surface area contributed by atoms with Crippen LogP contribution in [0.25, 0.3) is 16.9 Å². The van der Waals surface area contributed by atoms with Gasteiger partial charge in [0.05, 0.1) is 16.3 Å². The highest BCUT2D eigenvalue weighted by atomic mass is 35.5. The van der Waals surface area contributed by atoms with E-state index < -0.39 is 23.4 Å². The second kappa shape index (κ2) is 10.1. The number of nitrogens with zero attached hydrogens (tertiary/aromatic N) is 3. The lowest BCUT2D eigenvalue weighted by atomic mass is 9.87. The van der Waals surface area contributed by atoms with Crippen molar-refractivity contribution in [3.8, 4) is 16.9 Å². The van der Waals surface area contributed by atoms with Crippen molar-refractivity contribution in [2.24, 2.45) is 5.73 Å². The first-order valence-corrected chi connectivity index (χ1v) is 11.8. The minimum absolute atomic E-state index is 0.0362. The minimum atomic E-state index is -0.830. The third kappa shape index (κ3) is 5.07. The maximum absolute atomic E-state index is 14.6. The van der Waals surface area contributed by atoms with E-state index in [9.17, 15) is 18.4 Å². The van der Waals surface area contributed by atoms with Crippen LogP contribution < -0.4 is 16.4 Å². The van der Waals surface area contributed by atoms with Crippen molar-refractivity contribution in [2.75, 3.05) is 5.32 Å². The highest BCUT2D eigenvalue weighted by molar-refractivity contribution is 6.34. The van der Waals surface area contributed by atoms with Crippen LogP contribution in [-0.2, 0) is 0 Å². The SMILES string of the molecule is NC1CC(NC(=O)c2cc(NC(=O)c3cc(-c4ncccc4F)c(F)cc3Cl)n(-c3ccccc3)n2)C1. The Labute approximate surface area is 215 Å². The smallest absolute Gasteiger partial charge is 0.272 e. The molecule has 8 nitrogen and oxygen atoms in total. The molecule has 1 fully saturated rings. The van der Waals surface area contributed by atoms with E-state index in [1.54, 1.807) is 24.3 Å². The number of anilines is 1. The average molecular weight is 523 g/mol. The van der Waals surface area contributed by atoms with Gasteiger partial charge >= 0.3 is 0 Å². The molecule has 0 saturated heterocycles. The molecule has 0 aliphatic heterocycles. The summed E-state index contributed by atoms with van der Waals surface area (Å²) in [6, 6.07) is 14.9. The Morgan fingerprint density at radius 1 is 1.00 bits per heavy atom. The van der Waals surface area contributed by atoms with E-state index in [-0.39, 0.29) is 45.4 Å². The molecular weight excluding hydrogens is 502 g/mol. The van der Waals surface area contributed by atoms with Crippen LogP contribution in [0, 0.1) is 11.6 Å². The molecule has 1 saturated carbocycles. The van der Waals surface area contributed by atoms with Crippen molar-refractivity contribution < 1.29 is 18.4 Å². The van der Waals surface area contributed by atoms with E-state index in [0.717, 1.165) is 18.2 Å². The molecule has 1 aliphatic rings. The van der Waals surface area contributed by atoms with Gasteiger partial charge in [-0.25, -0.2) is 13.5 Å². The molecule has 0 unspecified atom stereocenters. The highest BCUT2D eigenvalue weighted by Crippen LogP contribution is 2.30. The van der Waals surface area contributed by atoms with Gasteiger partial charge < -0.3 is 16.4 Å². The van der Waals surface area contributed by atoms with Gasteiger partial charge in [-0.05, 0) is 49.2 Å². The summed E-state index contributed by atoms with van der Waals surface area (Å²) >= 11 is 6.18. The molecule has 1 aliphatic carbocycles. The maximum Gasteiger partial charge on any atom is 0.272 e. The number of carbonyl (C=O) groups excluding carboxylic acids is 2. The standard InChI is InChI=1S/C26H21ClF2N6O2/c27-19-12-21(29)18(24-20(28)7-4-8-31-24)11-17(19)25(36)33-23-13-22(26(37)32-15-9-14(30)10-15)34-35(23)16-5-2-1-3-6-16/h1-8,11-15H,9-10,30H2,(H,32,37)(H,33,36). The Morgan fingerprint density at radius 2 is 1.76 bits per heavy atom. The summed E-state index contributed by atoms with van der Waals surface area (Å²) in [6.45, 7) is 0. The fraction of sp³-hybridized carbons (Fsp3) is 0.154. The molecule has 0 radical (unpaired) electrons. The van der Waals surface area contributed by atoms with Crippen LogP contribution in [0.5, 0.6) is 0 Å². The number of rotatable bonds is 6. The van der Waals surface area contributed by atoms with Crippen LogP contribution in [0.4, 0.5) is 14.6 Å². The number of halogens is 3. The van der Waals surface area contributed by atoms with Gasteiger partial charge in [-0.1, -0.05) is 29.8 Å². The fourth-order valence-corrected chi connectivity index (χ4v) is 4.29. The Morgan fingerprint density at radius 3 is 2.46 bits per heavy atom. The molecule has 0 bridgehead atoms. The van der Waals surface area contributed by atoms with Crippen molar-refractivity contribution in [3.05, 3.63) is 94.8 Å². The molecule has 37 heavy (non-hydrogen) atoms. The number of carbonyl (C=O) groups is 2. The van der Waals surface area contributed by atoms with Crippen LogP contribution in [0.2, 0.25) is 5.02 Å². The molecule has 188 valence electrons. The molecule has 2 aromatic carbocycles. The lowest BCUT2D eigenvalue weighted by Crippen LogP contribution is -2.50. The third-order valence-corrected chi connectivity index (χ3v) is 6.32. The van der Waals surface area contributed by atoms with Crippen molar-refractivity contribution in [2.45, 2.75) is 24.9 Å². The molecule has 0 spiro atoms. The molecule has 2 aromatic heterocycles. The van der Waals surface area contributed by atoms with Gasteiger partial charge in [0.25, 0.3) is 11.8 Å². The second-order valence-electron chi connectivity index (χ2n) is 8.66. The van der Waals surface area contributed by atoms with Gasteiger partial charge in [-0.3, -0.25) is 14.6 Å². The molecule has 4 aromatic rings. The molecule has 0 atom stereocenters. The number of pyridine rings is 1. The molecular formula is C26H21ClF2N6O2. The van der Waals surface area contributed by atoms with Crippen molar-refractivity contribution in [1.82, 2.24) is 20.1 Å². The molecule has 2 heterocycles. The summed E-state index contributed by atoms with van der Waals surface area (Å²) in [5.41, 5.74) is 5.88. The van der Waals surface area contributed by atoms with Gasteiger partial charge in [0, 0.05) is 29.9 Å². The molecule has 2 amide bonds. The molecule has 4 N–H and O–H groups in total. The Bertz CT molecular complexity index is 1490. The predicted molar refractivity (Wildman–Crippen MR) is 135 cm³/mol. The topological polar surface area (TPSA) is 115 Å². The Kier molecular flexibility index (Phi) is 6.68. The Balaban J connectivity index is 1.48. The lowest BCUT2D eigenvalue weighted by molar-refractivity contribution is 0.0904. The number of hydrogen-bond donors (Lipinski definition) is 3. The van der Waals surface area contributed by atoms with Gasteiger partial charge in [0.2, 0.25) is 0 Å². The highest BCUT2D eigenvalue weighted by Gasteiger charge is 2.29. The second-order valence-corrected chi connectivity index (χ2v) is 9.07.